The molecule has 0 spiro atoms. The molecule has 0 bridgehead atoms. The smallest absolute Gasteiger partial charge is 0.184 e. The molecule has 2 aromatic rings. The van der Waals surface area contributed by atoms with Gasteiger partial charge in [-0.2, -0.15) is 0 Å². The van der Waals surface area contributed by atoms with E-state index in [-0.39, 0.29) is 11.1 Å². The Morgan fingerprint density at radius 1 is 1.47 bits per heavy atom. The van der Waals surface area contributed by atoms with Crippen LogP contribution < -0.4 is 0 Å². The van der Waals surface area contributed by atoms with Gasteiger partial charge in [0, 0.05) is 6.61 Å². The summed E-state index contributed by atoms with van der Waals surface area (Å²) in [5.74, 6) is -1.74. The molecule has 1 saturated heterocycles. The van der Waals surface area contributed by atoms with Crippen molar-refractivity contribution in [3.63, 3.8) is 0 Å². The molecule has 1 unspecified atom stereocenters. The Hall–Kier alpha value is -1.27. The van der Waals surface area contributed by atoms with E-state index in [9.17, 15) is 8.78 Å². The maximum atomic E-state index is 14.0. The summed E-state index contributed by atoms with van der Waals surface area (Å²) in [5, 5.41) is 0. The zero-order valence-corrected chi connectivity index (χ0v) is 11.3. The van der Waals surface area contributed by atoms with E-state index in [4.69, 9.17) is 17.0 Å². The molecule has 0 saturated carbocycles. The zero-order chi connectivity index (χ0) is 13.6. The third-order valence-corrected chi connectivity index (χ3v) is 3.94. The number of fused-ring (bicyclic) bond motifs is 1. The molecule has 1 aliphatic rings. The molecule has 1 atom stereocenters. The molecule has 2 heterocycles. The van der Waals surface area contributed by atoms with E-state index < -0.39 is 11.6 Å². The number of hydrogen-bond donors (Lipinski definition) is 1. The summed E-state index contributed by atoms with van der Waals surface area (Å²) in [6, 6.07) is 2.60. The Bertz CT molecular complexity index is 686. The van der Waals surface area contributed by atoms with E-state index in [1.165, 1.54) is 6.07 Å². The minimum absolute atomic E-state index is 0.182. The summed E-state index contributed by atoms with van der Waals surface area (Å²) >= 11 is 5.20. The van der Waals surface area contributed by atoms with Crippen LogP contribution in [-0.2, 0) is 11.3 Å². The molecule has 1 aliphatic heterocycles. The number of aromatic amines is 1. The third-order valence-electron chi connectivity index (χ3n) is 3.62. The Labute approximate surface area is 114 Å². The Kier molecular flexibility index (Phi) is 2.94. The highest BCUT2D eigenvalue weighted by atomic mass is 32.1. The average molecular weight is 284 g/mol. The molecule has 0 amide bonds. The maximum absolute atomic E-state index is 14.0. The molecule has 1 aromatic heterocycles. The number of benzene rings is 1. The van der Waals surface area contributed by atoms with Crippen molar-refractivity contribution in [3.8, 4) is 0 Å². The van der Waals surface area contributed by atoms with Gasteiger partial charge in [-0.05, 0) is 44.1 Å². The molecule has 1 fully saturated rings. The Morgan fingerprint density at radius 3 is 2.95 bits per heavy atom. The lowest BCUT2D eigenvalue weighted by atomic mass is 10.0. The van der Waals surface area contributed by atoms with Crippen LogP contribution in [0.5, 0.6) is 0 Å². The molecule has 6 heteroatoms. The van der Waals surface area contributed by atoms with Crippen LogP contribution in [0.2, 0.25) is 0 Å². The lowest BCUT2D eigenvalue weighted by molar-refractivity contribution is 0.00670. The lowest BCUT2D eigenvalue weighted by Crippen LogP contribution is -2.29. The molecule has 19 heavy (non-hydrogen) atoms. The summed E-state index contributed by atoms with van der Waals surface area (Å²) in [6.45, 7) is 3.09. The van der Waals surface area contributed by atoms with Crippen molar-refractivity contribution >= 4 is 23.3 Å². The fraction of sp³-hybridized carbons (Fsp3) is 0.462. The quantitative estimate of drug-likeness (QED) is 0.855. The van der Waals surface area contributed by atoms with Crippen LogP contribution in [0, 0.1) is 16.4 Å². The number of imidazole rings is 1. The van der Waals surface area contributed by atoms with Crippen molar-refractivity contribution in [2.45, 2.75) is 31.9 Å². The van der Waals surface area contributed by atoms with Crippen molar-refractivity contribution in [1.29, 1.82) is 0 Å². The van der Waals surface area contributed by atoms with Gasteiger partial charge in [-0.3, -0.25) is 0 Å². The third kappa shape index (κ3) is 2.08. The summed E-state index contributed by atoms with van der Waals surface area (Å²) in [7, 11) is 0. The molecule has 3 rings (SSSR count). The number of halogens is 2. The molecule has 1 aromatic carbocycles. The van der Waals surface area contributed by atoms with Crippen molar-refractivity contribution in [3.05, 3.63) is 28.5 Å². The van der Waals surface area contributed by atoms with Crippen LogP contribution in [-0.4, -0.2) is 21.8 Å². The minimum Gasteiger partial charge on any atom is -0.373 e. The summed E-state index contributed by atoms with van der Waals surface area (Å²) in [5.41, 5.74) is 0.318. The second kappa shape index (κ2) is 4.38. The van der Waals surface area contributed by atoms with Gasteiger partial charge in [-0.15, -0.1) is 0 Å². The number of nitrogens with one attached hydrogen (secondary N) is 1. The van der Waals surface area contributed by atoms with Crippen LogP contribution in [0.4, 0.5) is 8.78 Å². The molecular formula is C13H14F2N2OS. The van der Waals surface area contributed by atoms with Crippen LogP contribution in [0.25, 0.3) is 11.0 Å². The first-order valence-electron chi connectivity index (χ1n) is 6.21. The van der Waals surface area contributed by atoms with Crippen molar-refractivity contribution < 1.29 is 13.5 Å². The number of aromatic nitrogens is 2. The first-order valence-corrected chi connectivity index (χ1v) is 6.61. The molecule has 3 nitrogen and oxygen atoms in total. The highest BCUT2D eigenvalue weighted by molar-refractivity contribution is 7.71. The second-order valence-corrected chi connectivity index (χ2v) is 5.56. The maximum Gasteiger partial charge on any atom is 0.184 e. The minimum atomic E-state index is -0.869. The van der Waals surface area contributed by atoms with E-state index >= 15 is 0 Å². The van der Waals surface area contributed by atoms with E-state index in [2.05, 4.69) is 4.98 Å². The number of ether oxygens (including phenoxy) is 1. The summed E-state index contributed by atoms with van der Waals surface area (Å²) in [4.78, 5) is 2.90. The van der Waals surface area contributed by atoms with Gasteiger partial charge in [0.1, 0.15) is 5.52 Å². The summed E-state index contributed by atoms with van der Waals surface area (Å²) < 4.78 is 35.0. The first-order chi connectivity index (χ1) is 9.00. The fourth-order valence-electron chi connectivity index (χ4n) is 2.64. The van der Waals surface area contributed by atoms with Crippen molar-refractivity contribution in [2.75, 3.05) is 6.61 Å². The zero-order valence-electron chi connectivity index (χ0n) is 10.5. The van der Waals surface area contributed by atoms with Gasteiger partial charge in [-0.25, -0.2) is 8.78 Å². The van der Waals surface area contributed by atoms with Gasteiger partial charge in [0.2, 0.25) is 0 Å². The molecular weight excluding hydrogens is 270 g/mol. The highest BCUT2D eigenvalue weighted by Crippen LogP contribution is 2.29. The molecule has 1 N–H and O–H groups in total. The Balaban J connectivity index is 2.15. The molecule has 0 radical (unpaired) electrons. The largest absolute Gasteiger partial charge is 0.373 e. The van der Waals surface area contributed by atoms with Gasteiger partial charge >= 0.3 is 0 Å². The lowest BCUT2D eigenvalue weighted by Gasteiger charge is -2.24. The second-order valence-electron chi connectivity index (χ2n) is 5.18. The van der Waals surface area contributed by atoms with Gasteiger partial charge in [0.15, 0.2) is 16.4 Å². The Morgan fingerprint density at radius 2 is 2.26 bits per heavy atom. The molecule has 0 aliphatic carbocycles. The van der Waals surface area contributed by atoms with Gasteiger partial charge in [0.25, 0.3) is 0 Å². The highest BCUT2D eigenvalue weighted by Gasteiger charge is 2.31. The van der Waals surface area contributed by atoms with E-state index in [0.717, 1.165) is 18.9 Å². The topological polar surface area (TPSA) is 29.9 Å². The van der Waals surface area contributed by atoms with Crippen LogP contribution in [0.15, 0.2) is 12.1 Å². The van der Waals surface area contributed by atoms with E-state index in [1.54, 1.807) is 4.57 Å². The SMILES string of the molecule is CC1(Cn2c(=S)[nH]c3ccc(F)c(F)c32)CCCO1. The van der Waals surface area contributed by atoms with Crippen LogP contribution in [0.3, 0.4) is 0 Å². The predicted molar refractivity (Wildman–Crippen MR) is 70.6 cm³/mol. The predicted octanol–water partition coefficient (Wildman–Crippen LogP) is 3.55. The monoisotopic (exact) mass is 284 g/mol. The standard InChI is InChI=1S/C13H14F2N2OS/c1-13(5-2-6-18-13)7-17-11-9(16-12(17)19)4-3-8(14)10(11)15/h3-4H,2,5-7H2,1H3,(H,16,19). The number of H-pyrrole nitrogens is 1. The van der Waals surface area contributed by atoms with Gasteiger partial charge < -0.3 is 14.3 Å². The van der Waals surface area contributed by atoms with E-state index in [1.807, 2.05) is 6.92 Å². The number of rotatable bonds is 2. The van der Waals surface area contributed by atoms with Gasteiger partial charge in [0.05, 0.1) is 17.7 Å². The molecule has 102 valence electrons. The first kappa shape index (κ1) is 12.7. The van der Waals surface area contributed by atoms with Crippen molar-refractivity contribution in [2.24, 2.45) is 0 Å². The number of hydrogen-bond acceptors (Lipinski definition) is 2. The summed E-state index contributed by atoms with van der Waals surface area (Å²) in [6.07, 6.45) is 1.86. The number of nitrogens with zero attached hydrogens (tertiary/aromatic N) is 1. The average Bonchev–Trinajstić information content (AvgIpc) is 2.91. The van der Waals surface area contributed by atoms with Crippen LogP contribution in [0.1, 0.15) is 19.8 Å². The van der Waals surface area contributed by atoms with E-state index in [0.29, 0.717) is 23.4 Å². The van der Waals surface area contributed by atoms with Crippen LogP contribution >= 0.6 is 12.2 Å². The fourth-order valence-corrected chi connectivity index (χ4v) is 2.90. The van der Waals surface area contributed by atoms with Gasteiger partial charge in [-0.1, -0.05) is 0 Å². The van der Waals surface area contributed by atoms with Crippen molar-refractivity contribution in [1.82, 2.24) is 9.55 Å². The normalized spacial score (nSPS) is 23.3.